The van der Waals surface area contributed by atoms with E-state index in [4.69, 9.17) is 4.74 Å². The molecule has 2 heterocycles. The lowest BCUT2D eigenvalue weighted by Crippen LogP contribution is -2.39. The maximum Gasteiger partial charge on any atom is 0.338 e. The first-order valence-corrected chi connectivity index (χ1v) is 11.7. The molecule has 4 rings (SSSR count). The normalized spacial score (nSPS) is 16.0. The van der Waals surface area contributed by atoms with Gasteiger partial charge < -0.3 is 9.84 Å². The monoisotopic (exact) mass is 462 g/mol. The summed E-state index contributed by atoms with van der Waals surface area (Å²) in [7, 11) is 0. The number of fused-ring (bicyclic) bond motifs is 1. The molecule has 1 aliphatic heterocycles. The zero-order chi connectivity index (χ0) is 23.7. The standard InChI is InChI=1S/C26H26N2O4S/c1-5-32-25(31)22-16(4)27-26-28(23(22)19-10-8-18(9-11-19)15(2)3)24(30)21(33-26)14-17-6-12-20(29)13-7-17/h6-15,23,29H,5H2,1-4H3/b21-14-/t23-/m1/s1. The van der Waals surface area contributed by atoms with Gasteiger partial charge >= 0.3 is 5.97 Å². The molecule has 0 bridgehead atoms. The zero-order valence-corrected chi connectivity index (χ0v) is 19.8. The van der Waals surface area contributed by atoms with E-state index in [0.29, 0.717) is 26.5 Å². The van der Waals surface area contributed by atoms with Gasteiger partial charge in [-0.1, -0.05) is 61.6 Å². The minimum absolute atomic E-state index is 0.160. The van der Waals surface area contributed by atoms with E-state index < -0.39 is 12.0 Å². The van der Waals surface area contributed by atoms with Crippen molar-refractivity contribution < 1.29 is 14.6 Å². The molecule has 0 radical (unpaired) electrons. The fourth-order valence-corrected chi connectivity index (χ4v) is 4.94. The molecule has 7 heteroatoms. The first-order valence-electron chi connectivity index (χ1n) is 10.9. The number of phenols is 1. The number of ether oxygens (including phenoxy) is 1. The zero-order valence-electron chi connectivity index (χ0n) is 19.0. The van der Waals surface area contributed by atoms with Crippen LogP contribution >= 0.6 is 11.3 Å². The molecule has 0 amide bonds. The van der Waals surface area contributed by atoms with E-state index in [0.717, 1.165) is 11.1 Å². The third-order valence-electron chi connectivity index (χ3n) is 5.63. The Morgan fingerprint density at radius 2 is 1.85 bits per heavy atom. The quantitative estimate of drug-likeness (QED) is 0.587. The Morgan fingerprint density at radius 3 is 2.45 bits per heavy atom. The van der Waals surface area contributed by atoms with Gasteiger partial charge in [0.2, 0.25) is 0 Å². The molecule has 33 heavy (non-hydrogen) atoms. The molecule has 170 valence electrons. The third kappa shape index (κ3) is 4.41. The average molecular weight is 463 g/mol. The van der Waals surface area contributed by atoms with E-state index in [1.165, 1.54) is 16.9 Å². The molecular formula is C26H26N2O4S. The summed E-state index contributed by atoms with van der Waals surface area (Å²) in [5, 5.41) is 9.54. The Balaban J connectivity index is 1.92. The predicted octanol–water partition coefficient (Wildman–Crippen LogP) is 3.63. The summed E-state index contributed by atoms with van der Waals surface area (Å²) < 4.78 is 7.42. The molecule has 1 atom stereocenters. The molecule has 6 nitrogen and oxygen atoms in total. The van der Waals surface area contributed by atoms with Crippen molar-refractivity contribution in [2.75, 3.05) is 6.61 Å². The van der Waals surface area contributed by atoms with Crippen LogP contribution in [0.15, 0.2) is 69.6 Å². The molecule has 0 spiro atoms. The van der Waals surface area contributed by atoms with Crippen molar-refractivity contribution in [3.05, 3.63) is 96.2 Å². The van der Waals surface area contributed by atoms with E-state index >= 15 is 0 Å². The number of hydrogen-bond acceptors (Lipinski definition) is 6. The van der Waals surface area contributed by atoms with Crippen LogP contribution in [0.2, 0.25) is 0 Å². The first kappa shape index (κ1) is 22.7. The van der Waals surface area contributed by atoms with Crippen LogP contribution in [0.1, 0.15) is 56.3 Å². The van der Waals surface area contributed by atoms with Crippen molar-refractivity contribution >= 4 is 23.4 Å². The highest BCUT2D eigenvalue weighted by Crippen LogP contribution is 2.31. The molecule has 2 aromatic carbocycles. The second kappa shape index (κ2) is 9.19. The first-order chi connectivity index (χ1) is 15.8. The molecule has 0 saturated carbocycles. The number of allylic oxidation sites excluding steroid dienone is 1. The molecule has 0 aliphatic carbocycles. The van der Waals surface area contributed by atoms with E-state index in [1.807, 2.05) is 24.3 Å². The number of phenolic OH excluding ortho intramolecular Hbond substituents is 1. The Bertz CT molecular complexity index is 1390. The number of aromatic nitrogens is 1. The second-order valence-electron chi connectivity index (χ2n) is 8.22. The summed E-state index contributed by atoms with van der Waals surface area (Å²) in [5.41, 5.74) is 3.49. The van der Waals surface area contributed by atoms with Crippen molar-refractivity contribution in [3.8, 4) is 5.75 Å². The Labute approximate surface area is 195 Å². The lowest BCUT2D eigenvalue weighted by atomic mass is 9.93. The maximum atomic E-state index is 13.5. The number of hydrogen-bond donors (Lipinski definition) is 1. The lowest BCUT2D eigenvalue weighted by molar-refractivity contribution is -0.139. The van der Waals surface area contributed by atoms with Crippen molar-refractivity contribution in [2.24, 2.45) is 4.99 Å². The van der Waals surface area contributed by atoms with E-state index in [1.54, 1.807) is 48.8 Å². The van der Waals surface area contributed by atoms with Gasteiger partial charge in [-0.3, -0.25) is 9.36 Å². The highest BCUT2D eigenvalue weighted by Gasteiger charge is 2.33. The second-order valence-corrected chi connectivity index (χ2v) is 9.22. The minimum Gasteiger partial charge on any atom is -0.508 e. The maximum absolute atomic E-state index is 13.5. The summed E-state index contributed by atoms with van der Waals surface area (Å²) in [5.74, 6) is 0.0609. The van der Waals surface area contributed by atoms with Crippen LogP contribution in [0.3, 0.4) is 0 Å². The van der Waals surface area contributed by atoms with Crippen LogP contribution in [-0.2, 0) is 9.53 Å². The summed E-state index contributed by atoms with van der Waals surface area (Å²) in [6, 6.07) is 14.0. The summed E-state index contributed by atoms with van der Waals surface area (Å²) in [6.45, 7) is 8.01. The van der Waals surface area contributed by atoms with Crippen LogP contribution in [0, 0.1) is 0 Å². The minimum atomic E-state index is -0.622. The van der Waals surface area contributed by atoms with Crippen LogP contribution in [-0.4, -0.2) is 22.2 Å². The van der Waals surface area contributed by atoms with Gasteiger partial charge in [0.05, 0.1) is 28.5 Å². The molecule has 1 N–H and O–H groups in total. The SMILES string of the molecule is CCOC(=O)C1=C(C)N=c2s/c(=C\c3ccc(O)cc3)c(=O)n2[C@@H]1c1ccc(C(C)C)cc1. The Hall–Kier alpha value is -3.45. The van der Waals surface area contributed by atoms with Gasteiger partial charge in [-0.2, -0.15) is 0 Å². The van der Waals surface area contributed by atoms with E-state index in [2.05, 4.69) is 18.8 Å². The molecule has 0 unspecified atom stereocenters. The molecule has 0 saturated heterocycles. The van der Waals surface area contributed by atoms with Gasteiger partial charge in [0, 0.05) is 0 Å². The van der Waals surface area contributed by atoms with Crippen molar-refractivity contribution in [1.29, 1.82) is 0 Å². The van der Waals surface area contributed by atoms with Crippen LogP contribution in [0.4, 0.5) is 0 Å². The molecule has 0 fully saturated rings. The lowest BCUT2D eigenvalue weighted by Gasteiger charge is -2.25. The van der Waals surface area contributed by atoms with Gasteiger partial charge in [-0.05, 0) is 54.7 Å². The molecule has 1 aliphatic rings. The largest absolute Gasteiger partial charge is 0.508 e. The number of carbonyl (C=O) groups is 1. The van der Waals surface area contributed by atoms with Gasteiger partial charge in [-0.25, -0.2) is 9.79 Å². The molecule has 3 aromatic rings. The predicted molar refractivity (Wildman–Crippen MR) is 129 cm³/mol. The summed E-state index contributed by atoms with van der Waals surface area (Å²) >= 11 is 1.28. The van der Waals surface area contributed by atoms with Crippen LogP contribution < -0.4 is 14.9 Å². The summed E-state index contributed by atoms with van der Waals surface area (Å²) in [6.07, 6.45) is 1.77. The van der Waals surface area contributed by atoms with Crippen LogP contribution in [0.5, 0.6) is 5.75 Å². The Kier molecular flexibility index (Phi) is 6.33. The number of rotatable bonds is 5. The van der Waals surface area contributed by atoms with Crippen LogP contribution in [0.25, 0.3) is 6.08 Å². The van der Waals surface area contributed by atoms with Gasteiger partial charge in [-0.15, -0.1) is 0 Å². The highest BCUT2D eigenvalue weighted by atomic mass is 32.1. The smallest absolute Gasteiger partial charge is 0.338 e. The topological polar surface area (TPSA) is 80.9 Å². The number of benzene rings is 2. The number of thiazole rings is 1. The number of nitrogens with zero attached hydrogens (tertiary/aromatic N) is 2. The number of esters is 1. The molecular weight excluding hydrogens is 436 g/mol. The molecule has 1 aromatic heterocycles. The van der Waals surface area contributed by atoms with Gasteiger partial charge in [0.1, 0.15) is 5.75 Å². The van der Waals surface area contributed by atoms with E-state index in [9.17, 15) is 14.7 Å². The van der Waals surface area contributed by atoms with E-state index in [-0.39, 0.29) is 17.9 Å². The number of carbonyl (C=O) groups excluding carboxylic acids is 1. The average Bonchev–Trinajstić information content (AvgIpc) is 3.09. The van der Waals surface area contributed by atoms with Gasteiger partial charge in [0.15, 0.2) is 4.80 Å². The third-order valence-corrected chi connectivity index (χ3v) is 6.61. The van der Waals surface area contributed by atoms with Crippen molar-refractivity contribution in [3.63, 3.8) is 0 Å². The Morgan fingerprint density at radius 1 is 1.18 bits per heavy atom. The van der Waals surface area contributed by atoms with Crippen molar-refractivity contribution in [1.82, 2.24) is 4.57 Å². The number of aromatic hydroxyl groups is 1. The van der Waals surface area contributed by atoms with Crippen molar-refractivity contribution in [2.45, 2.75) is 39.7 Å². The fraction of sp³-hybridized carbons (Fsp3) is 0.269. The summed E-state index contributed by atoms with van der Waals surface area (Å²) in [4.78, 5) is 31.6. The highest BCUT2D eigenvalue weighted by molar-refractivity contribution is 7.07. The van der Waals surface area contributed by atoms with Gasteiger partial charge in [0.25, 0.3) is 5.56 Å². The fourth-order valence-electron chi connectivity index (χ4n) is 3.89.